The Morgan fingerprint density at radius 3 is 2.12 bits per heavy atom. The standard InChI is InChI=1S/C45H41N5/c1-30(2)44(34-18-9-6-10-19-34)49-45(47-31(3)33-16-7-5-8-17-33)40-23-12-11-22-38(40)35-20-15-21-36(28-35)39-27-26-37(29-41(39)46)50-32(4)48-42-24-13-14-25-43(42)50/h5-29,44-45,49H,1,46H2,2-4H3. The van der Waals surface area contributed by atoms with E-state index in [1.54, 1.807) is 0 Å². The van der Waals surface area contributed by atoms with E-state index in [-0.39, 0.29) is 12.2 Å². The molecule has 0 aliphatic rings. The Hall–Kier alpha value is -6.04. The van der Waals surface area contributed by atoms with Gasteiger partial charge in [0.15, 0.2) is 0 Å². The largest absolute Gasteiger partial charge is 0.398 e. The molecule has 3 N–H and O–H groups in total. The third kappa shape index (κ3) is 6.64. The van der Waals surface area contributed by atoms with E-state index in [1.165, 1.54) is 0 Å². The smallest absolute Gasteiger partial charge is 0.127 e. The molecule has 50 heavy (non-hydrogen) atoms. The molecular weight excluding hydrogens is 611 g/mol. The van der Waals surface area contributed by atoms with Crippen molar-refractivity contribution in [2.24, 2.45) is 4.99 Å². The Bertz CT molecular complexity index is 2320. The van der Waals surface area contributed by atoms with Crippen LogP contribution in [-0.4, -0.2) is 15.3 Å². The number of benzene rings is 6. The van der Waals surface area contributed by atoms with Crippen molar-refractivity contribution in [1.82, 2.24) is 14.9 Å². The molecular formula is C45H41N5. The van der Waals surface area contributed by atoms with E-state index in [9.17, 15) is 0 Å². The number of rotatable bonds is 10. The van der Waals surface area contributed by atoms with Crippen molar-refractivity contribution in [2.45, 2.75) is 33.0 Å². The van der Waals surface area contributed by atoms with Crippen molar-refractivity contribution in [1.29, 1.82) is 0 Å². The number of nitrogens with one attached hydrogen (secondary N) is 1. The van der Waals surface area contributed by atoms with E-state index in [0.717, 1.165) is 72.8 Å². The molecule has 0 saturated carbocycles. The lowest BCUT2D eigenvalue weighted by atomic mass is 9.93. The van der Waals surface area contributed by atoms with Gasteiger partial charge in [-0.2, -0.15) is 0 Å². The van der Waals surface area contributed by atoms with Gasteiger partial charge in [0.2, 0.25) is 0 Å². The molecule has 0 aliphatic carbocycles. The number of para-hydroxylation sites is 2. The van der Waals surface area contributed by atoms with Crippen LogP contribution in [-0.2, 0) is 0 Å². The summed E-state index contributed by atoms with van der Waals surface area (Å²) < 4.78 is 2.15. The summed E-state index contributed by atoms with van der Waals surface area (Å²) in [4.78, 5) is 10.1. The van der Waals surface area contributed by atoms with E-state index in [0.29, 0.717) is 5.69 Å². The van der Waals surface area contributed by atoms with Gasteiger partial charge in [0.05, 0.1) is 17.1 Å². The first-order chi connectivity index (χ1) is 24.4. The highest BCUT2D eigenvalue weighted by atomic mass is 15.1. The fourth-order valence-electron chi connectivity index (χ4n) is 6.75. The van der Waals surface area contributed by atoms with Crippen molar-refractivity contribution in [3.8, 4) is 27.9 Å². The summed E-state index contributed by atoms with van der Waals surface area (Å²) in [6.45, 7) is 10.5. The highest BCUT2D eigenvalue weighted by Crippen LogP contribution is 2.36. The van der Waals surface area contributed by atoms with Gasteiger partial charge in [-0.15, -0.1) is 0 Å². The van der Waals surface area contributed by atoms with Crippen molar-refractivity contribution >= 4 is 22.4 Å². The monoisotopic (exact) mass is 651 g/mol. The maximum atomic E-state index is 6.80. The van der Waals surface area contributed by atoms with Gasteiger partial charge in [0.1, 0.15) is 12.0 Å². The second kappa shape index (κ2) is 14.2. The van der Waals surface area contributed by atoms with Crippen LogP contribution in [0.25, 0.3) is 39.0 Å². The Balaban J connectivity index is 1.29. The minimum Gasteiger partial charge on any atom is -0.398 e. The van der Waals surface area contributed by atoms with E-state index < -0.39 is 0 Å². The Morgan fingerprint density at radius 1 is 0.720 bits per heavy atom. The lowest BCUT2D eigenvalue weighted by Crippen LogP contribution is -2.27. The van der Waals surface area contributed by atoms with Gasteiger partial charge in [0, 0.05) is 22.6 Å². The summed E-state index contributed by atoms with van der Waals surface area (Å²) in [6.07, 6.45) is -0.352. The second-order valence-electron chi connectivity index (χ2n) is 12.8. The highest BCUT2D eigenvalue weighted by molar-refractivity contribution is 5.99. The molecule has 0 spiro atoms. The number of nitrogens with two attached hydrogens (primary N) is 1. The van der Waals surface area contributed by atoms with Crippen LogP contribution in [0.2, 0.25) is 0 Å². The van der Waals surface area contributed by atoms with E-state index in [1.807, 2.05) is 55.5 Å². The summed E-state index contributed by atoms with van der Waals surface area (Å²) in [5, 5.41) is 3.87. The molecule has 6 aromatic carbocycles. The predicted molar refractivity (Wildman–Crippen MR) is 210 cm³/mol. The molecule has 246 valence electrons. The number of imidazole rings is 1. The maximum absolute atomic E-state index is 6.80. The van der Waals surface area contributed by atoms with E-state index in [2.05, 4.69) is 133 Å². The van der Waals surface area contributed by atoms with Crippen molar-refractivity contribution in [3.63, 3.8) is 0 Å². The molecule has 1 heterocycles. The molecule has 1 aromatic heterocycles. The van der Waals surface area contributed by atoms with Crippen LogP contribution in [0, 0.1) is 6.92 Å². The summed E-state index contributed by atoms with van der Waals surface area (Å²) in [5.41, 5.74) is 20.0. The average Bonchev–Trinajstić information content (AvgIpc) is 3.49. The molecule has 2 atom stereocenters. The van der Waals surface area contributed by atoms with Gasteiger partial charge in [-0.05, 0) is 84.5 Å². The van der Waals surface area contributed by atoms with Gasteiger partial charge < -0.3 is 5.73 Å². The van der Waals surface area contributed by atoms with Crippen LogP contribution in [0.3, 0.4) is 0 Å². The molecule has 0 radical (unpaired) electrons. The van der Waals surface area contributed by atoms with E-state index in [4.69, 9.17) is 15.7 Å². The zero-order valence-electron chi connectivity index (χ0n) is 28.7. The fraction of sp³-hybridized carbons (Fsp3) is 0.111. The number of hydrogen-bond donors (Lipinski definition) is 2. The first-order valence-electron chi connectivity index (χ1n) is 17.0. The molecule has 7 aromatic rings. The number of fused-ring (bicyclic) bond motifs is 1. The number of nitrogen functional groups attached to an aromatic ring is 1. The molecule has 0 saturated heterocycles. The molecule has 2 unspecified atom stereocenters. The molecule has 5 nitrogen and oxygen atoms in total. The zero-order valence-corrected chi connectivity index (χ0v) is 28.7. The van der Waals surface area contributed by atoms with Crippen molar-refractivity contribution < 1.29 is 0 Å². The third-order valence-corrected chi connectivity index (χ3v) is 9.23. The molecule has 5 heteroatoms. The number of aromatic nitrogens is 2. The molecule has 0 amide bonds. The Kier molecular flexibility index (Phi) is 9.24. The lowest BCUT2D eigenvalue weighted by molar-refractivity contribution is 0.497. The fourth-order valence-corrected chi connectivity index (χ4v) is 6.75. The molecule has 0 aliphatic heterocycles. The van der Waals surface area contributed by atoms with Crippen LogP contribution in [0.5, 0.6) is 0 Å². The first-order valence-corrected chi connectivity index (χ1v) is 17.0. The van der Waals surface area contributed by atoms with Gasteiger partial charge in [-0.3, -0.25) is 14.9 Å². The third-order valence-electron chi connectivity index (χ3n) is 9.23. The minimum absolute atomic E-state index is 0.0949. The van der Waals surface area contributed by atoms with Crippen LogP contribution >= 0.6 is 0 Å². The first kappa shape index (κ1) is 32.5. The predicted octanol–water partition coefficient (Wildman–Crippen LogP) is 10.7. The summed E-state index contributed by atoms with van der Waals surface area (Å²) >= 11 is 0. The van der Waals surface area contributed by atoms with Crippen LogP contribution in [0.15, 0.2) is 169 Å². The number of aliphatic imine (C=N–C) groups is 1. The average molecular weight is 652 g/mol. The molecule has 7 rings (SSSR count). The maximum Gasteiger partial charge on any atom is 0.127 e. The van der Waals surface area contributed by atoms with Gasteiger partial charge >= 0.3 is 0 Å². The number of anilines is 1. The van der Waals surface area contributed by atoms with Crippen LogP contribution in [0.4, 0.5) is 5.69 Å². The van der Waals surface area contributed by atoms with Crippen LogP contribution in [0.1, 0.15) is 48.6 Å². The van der Waals surface area contributed by atoms with Gasteiger partial charge in [-0.25, -0.2) is 4.98 Å². The van der Waals surface area contributed by atoms with Crippen molar-refractivity contribution in [2.75, 3.05) is 5.73 Å². The SMILES string of the molecule is C=C(C)C(NC(N=C(C)c1ccccc1)c1ccccc1-c1cccc(-c2ccc(-n3c(C)nc4ccccc43)cc2N)c1)c1ccccc1. The zero-order chi connectivity index (χ0) is 34.6. The van der Waals surface area contributed by atoms with Crippen LogP contribution < -0.4 is 11.1 Å². The second-order valence-corrected chi connectivity index (χ2v) is 12.8. The summed E-state index contributed by atoms with van der Waals surface area (Å²) in [7, 11) is 0. The van der Waals surface area contributed by atoms with E-state index >= 15 is 0 Å². The van der Waals surface area contributed by atoms with Gasteiger partial charge in [-0.1, -0.05) is 133 Å². The quantitative estimate of drug-likeness (QED) is 0.0878. The number of aryl methyl sites for hydroxylation is 1. The normalized spacial score (nSPS) is 12.9. The number of hydrogen-bond acceptors (Lipinski definition) is 4. The highest BCUT2D eigenvalue weighted by Gasteiger charge is 2.22. The summed E-state index contributed by atoms with van der Waals surface area (Å²) in [6, 6.07) is 52.3. The molecule has 0 fully saturated rings. The van der Waals surface area contributed by atoms with Crippen molar-refractivity contribution in [3.05, 3.63) is 186 Å². The Labute approximate surface area is 294 Å². The Morgan fingerprint density at radius 2 is 1.38 bits per heavy atom. The molecule has 0 bridgehead atoms. The topological polar surface area (TPSA) is 68.2 Å². The minimum atomic E-state index is -0.352. The number of nitrogens with zero attached hydrogens (tertiary/aromatic N) is 3. The van der Waals surface area contributed by atoms with Gasteiger partial charge in [0.25, 0.3) is 0 Å². The lowest BCUT2D eigenvalue weighted by Gasteiger charge is -2.27. The summed E-state index contributed by atoms with van der Waals surface area (Å²) in [5.74, 6) is 0.923.